The van der Waals surface area contributed by atoms with Crippen molar-refractivity contribution < 1.29 is 27.5 Å². The summed E-state index contributed by atoms with van der Waals surface area (Å²) in [5.74, 6) is -1.33. The zero-order valence-electron chi connectivity index (χ0n) is 5.94. The maximum absolute atomic E-state index is 12.6. The third kappa shape index (κ3) is 2.00. The zero-order valence-corrected chi connectivity index (χ0v) is 6.69. The molecule has 1 N–H and O–H groups in total. The van der Waals surface area contributed by atoms with E-state index in [9.17, 15) is 17.6 Å². The fourth-order valence-electron chi connectivity index (χ4n) is 0.686. The summed E-state index contributed by atoms with van der Waals surface area (Å²) in [5, 5.41) is 7.89. The van der Waals surface area contributed by atoms with Gasteiger partial charge in [-0.1, -0.05) is 0 Å². The van der Waals surface area contributed by atoms with Crippen molar-refractivity contribution in [3.05, 3.63) is 28.8 Å². The number of aromatic nitrogens is 1. The van der Waals surface area contributed by atoms with E-state index in [0.717, 1.165) is 0 Å². The number of rotatable bonds is 0. The van der Waals surface area contributed by atoms with Crippen molar-refractivity contribution in [3.8, 4) is 0 Å². The van der Waals surface area contributed by atoms with E-state index in [1.165, 1.54) is 0 Å². The molecule has 1 rings (SSSR count). The Hall–Kier alpha value is -1.04. The fraction of sp³-hybridized carbons (Fsp3) is 0.167. The lowest BCUT2D eigenvalue weighted by Gasteiger charge is -2.03. The third-order valence-electron chi connectivity index (χ3n) is 1.27. The van der Waals surface area contributed by atoms with Gasteiger partial charge in [0.05, 0.1) is 0 Å². The minimum Gasteiger partial charge on any atom is -0.283 e. The minimum atomic E-state index is -4.71. The standard InChI is InChI=1S/C6H3ClF4NO/c7-5-4(8)1-3(2-12(5)13)6(9,10)11/h1-2,13H/q+1. The molecule has 1 aromatic heterocycles. The molecule has 1 heterocycles. The molecule has 1 aromatic rings. The Morgan fingerprint density at radius 2 is 1.92 bits per heavy atom. The number of halogens is 5. The van der Waals surface area contributed by atoms with Crippen molar-refractivity contribution in [1.82, 2.24) is 0 Å². The van der Waals surface area contributed by atoms with Crippen LogP contribution in [0.4, 0.5) is 17.6 Å². The summed E-state index contributed by atoms with van der Waals surface area (Å²) in [6, 6.07) is 0.203. The minimum absolute atomic E-state index is 0.125. The predicted molar refractivity (Wildman–Crippen MR) is 33.8 cm³/mol. The van der Waals surface area contributed by atoms with E-state index in [1.807, 2.05) is 0 Å². The Morgan fingerprint density at radius 3 is 2.31 bits per heavy atom. The van der Waals surface area contributed by atoms with Gasteiger partial charge in [-0.15, -0.1) is 0 Å². The monoisotopic (exact) mass is 216 g/mol. The van der Waals surface area contributed by atoms with Crippen LogP contribution in [0.25, 0.3) is 0 Å². The maximum Gasteiger partial charge on any atom is 0.422 e. The molecule has 0 fully saturated rings. The largest absolute Gasteiger partial charge is 0.422 e. The van der Waals surface area contributed by atoms with Crippen molar-refractivity contribution in [3.63, 3.8) is 0 Å². The molecule has 0 unspecified atom stereocenters. The van der Waals surface area contributed by atoms with E-state index in [4.69, 9.17) is 16.8 Å². The Balaban J connectivity index is 3.29. The van der Waals surface area contributed by atoms with E-state index < -0.39 is 22.7 Å². The highest BCUT2D eigenvalue weighted by Gasteiger charge is 2.36. The van der Waals surface area contributed by atoms with Gasteiger partial charge in [0.15, 0.2) is 0 Å². The van der Waals surface area contributed by atoms with Crippen LogP contribution < -0.4 is 4.73 Å². The van der Waals surface area contributed by atoms with Gasteiger partial charge in [0.25, 0.3) is 0 Å². The van der Waals surface area contributed by atoms with Crippen LogP contribution in [0.1, 0.15) is 5.56 Å². The molecule has 0 spiro atoms. The lowest BCUT2D eigenvalue weighted by Crippen LogP contribution is -2.34. The van der Waals surface area contributed by atoms with Crippen molar-refractivity contribution in [2.75, 3.05) is 0 Å². The molecule has 0 aromatic carbocycles. The Bertz CT molecular complexity index is 315. The van der Waals surface area contributed by atoms with Crippen LogP contribution in [0.2, 0.25) is 5.15 Å². The molecule has 0 amide bonds. The van der Waals surface area contributed by atoms with Gasteiger partial charge < -0.3 is 0 Å². The van der Waals surface area contributed by atoms with Crippen molar-refractivity contribution in [1.29, 1.82) is 0 Å². The van der Waals surface area contributed by atoms with Crippen LogP contribution >= 0.6 is 11.6 Å². The molecule has 0 aliphatic rings. The third-order valence-corrected chi connectivity index (χ3v) is 1.62. The summed E-state index contributed by atoms with van der Waals surface area (Å²) in [7, 11) is 0. The molecule has 0 bridgehead atoms. The SMILES string of the molecule is O[n+]1cc(C(F)(F)F)cc(F)c1Cl. The predicted octanol–water partition coefficient (Wildman–Crippen LogP) is 2.02. The topological polar surface area (TPSA) is 24.1 Å². The molecule has 0 saturated heterocycles. The first kappa shape index (κ1) is 10.0. The first-order valence-electron chi connectivity index (χ1n) is 2.99. The zero-order chi connectivity index (χ0) is 10.2. The molecule has 0 aliphatic carbocycles. The van der Waals surface area contributed by atoms with Gasteiger partial charge in [-0.2, -0.15) is 17.6 Å². The Kier molecular flexibility index (Phi) is 2.34. The normalized spacial score (nSPS) is 11.8. The van der Waals surface area contributed by atoms with Crippen LogP contribution in [0.5, 0.6) is 0 Å². The summed E-state index contributed by atoms with van der Waals surface area (Å²) in [6.07, 6.45) is -4.43. The van der Waals surface area contributed by atoms with Crippen LogP contribution in [0, 0.1) is 5.82 Å². The second-order valence-corrected chi connectivity index (χ2v) is 2.57. The molecule has 13 heavy (non-hydrogen) atoms. The highest BCUT2D eigenvalue weighted by molar-refractivity contribution is 6.28. The molecule has 7 heteroatoms. The van der Waals surface area contributed by atoms with E-state index >= 15 is 0 Å². The molecule has 72 valence electrons. The number of pyridine rings is 1. The molecule has 2 nitrogen and oxygen atoms in total. The van der Waals surface area contributed by atoms with Crippen LogP contribution in [0.3, 0.4) is 0 Å². The van der Waals surface area contributed by atoms with Gasteiger partial charge in [-0.25, -0.2) is 0 Å². The van der Waals surface area contributed by atoms with Gasteiger partial charge in [0, 0.05) is 10.8 Å². The lowest BCUT2D eigenvalue weighted by atomic mass is 10.3. The van der Waals surface area contributed by atoms with E-state index in [0.29, 0.717) is 0 Å². The average molecular weight is 217 g/mol. The average Bonchev–Trinajstić information content (AvgIpc) is 1.97. The molecule has 0 aliphatic heterocycles. The summed E-state index contributed by atoms with van der Waals surface area (Å²) in [5.41, 5.74) is -1.31. The second-order valence-electron chi connectivity index (χ2n) is 2.21. The van der Waals surface area contributed by atoms with Crippen LogP contribution in [0.15, 0.2) is 12.3 Å². The Labute approximate surface area is 74.9 Å². The molecular weight excluding hydrogens is 214 g/mol. The van der Waals surface area contributed by atoms with Crippen molar-refractivity contribution >= 4 is 11.6 Å². The van der Waals surface area contributed by atoms with Crippen molar-refractivity contribution in [2.24, 2.45) is 0 Å². The van der Waals surface area contributed by atoms with Gasteiger partial charge in [-0.3, -0.25) is 5.21 Å². The quantitative estimate of drug-likeness (QED) is 0.305. The molecule has 0 radical (unpaired) electrons. The highest BCUT2D eigenvalue weighted by Crippen LogP contribution is 2.29. The summed E-state index contributed by atoms with van der Waals surface area (Å²) >= 11 is 5.07. The van der Waals surface area contributed by atoms with E-state index in [2.05, 4.69) is 0 Å². The smallest absolute Gasteiger partial charge is 0.283 e. The molecule has 0 atom stereocenters. The van der Waals surface area contributed by atoms with E-state index in [-0.39, 0.29) is 17.0 Å². The maximum atomic E-state index is 12.6. The highest BCUT2D eigenvalue weighted by atomic mass is 35.5. The first-order chi connectivity index (χ1) is 5.82. The first-order valence-corrected chi connectivity index (χ1v) is 3.37. The fourth-order valence-corrected chi connectivity index (χ4v) is 0.790. The summed E-state index contributed by atoms with van der Waals surface area (Å²) < 4.78 is 48.3. The molecular formula is C6H3ClF4NO+. The number of hydrogen-bond acceptors (Lipinski definition) is 1. The van der Waals surface area contributed by atoms with Crippen LogP contribution in [-0.2, 0) is 6.18 Å². The van der Waals surface area contributed by atoms with Crippen molar-refractivity contribution in [2.45, 2.75) is 6.18 Å². The Morgan fingerprint density at radius 1 is 1.38 bits per heavy atom. The van der Waals surface area contributed by atoms with Crippen LogP contribution in [-0.4, -0.2) is 5.21 Å². The number of hydrogen-bond donors (Lipinski definition) is 1. The second kappa shape index (κ2) is 3.02. The number of alkyl halides is 3. The van der Waals surface area contributed by atoms with Gasteiger partial charge in [0.2, 0.25) is 12.0 Å². The van der Waals surface area contributed by atoms with E-state index in [1.54, 1.807) is 0 Å². The lowest BCUT2D eigenvalue weighted by molar-refractivity contribution is -0.904. The number of nitrogens with zero attached hydrogens (tertiary/aromatic N) is 1. The van der Waals surface area contributed by atoms with Gasteiger partial charge in [-0.05, 0) is 11.6 Å². The van der Waals surface area contributed by atoms with Gasteiger partial charge in [0.1, 0.15) is 5.56 Å². The molecule has 0 saturated carbocycles. The van der Waals surface area contributed by atoms with Gasteiger partial charge >= 0.3 is 11.3 Å². The summed E-state index contributed by atoms with van der Waals surface area (Å²) in [6.45, 7) is 0. The summed E-state index contributed by atoms with van der Waals surface area (Å²) in [4.78, 5) is 0.